The fourth-order valence-electron chi connectivity index (χ4n) is 5.89. The molecule has 32 heavy (non-hydrogen) atoms. The van der Waals surface area contributed by atoms with Gasteiger partial charge in [-0.05, 0) is 90.8 Å². The van der Waals surface area contributed by atoms with E-state index in [0.717, 1.165) is 29.5 Å². The summed E-state index contributed by atoms with van der Waals surface area (Å²) in [5.41, 5.74) is 16.8. The first-order chi connectivity index (χ1) is 15.3. The van der Waals surface area contributed by atoms with E-state index in [1.165, 1.54) is 61.3 Å². The van der Waals surface area contributed by atoms with Gasteiger partial charge in [0.25, 0.3) is 0 Å². The number of aryl methyl sites for hydroxylation is 4. The van der Waals surface area contributed by atoms with E-state index >= 15 is 4.39 Å². The van der Waals surface area contributed by atoms with Crippen molar-refractivity contribution in [3.8, 4) is 33.5 Å². The van der Waals surface area contributed by atoms with E-state index in [9.17, 15) is 0 Å². The van der Waals surface area contributed by atoms with E-state index in [1.807, 2.05) is 0 Å². The number of rotatable bonds is 1. The Kier molecular flexibility index (Phi) is 4.02. The summed E-state index contributed by atoms with van der Waals surface area (Å²) in [7, 11) is 2.12. The summed E-state index contributed by atoms with van der Waals surface area (Å²) >= 11 is 0. The number of fused-ring (bicyclic) bond motifs is 7. The molecule has 0 saturated carbocycles. The van der Waals surface area contributed by atoms with Crippen LogP contribution in [0.4, 0.5) is 4.39 Å². The van der Waals surface area contributed by atoms with Crippen LogP contribution >= 0.6 is 0 Å². The summed E-state index contributed by atoms with van der Waals surface area (Å²) in [5.74, 6) is -0.0895. The maximum atomic E-state index is 15.5. The predicted octanol–water partition coefficient (Wildman–Crippen LogP) is 6.69. The molecule has 4 aromatic rings. The third-order valence-corrected chi connectivity index (χ3v) is 7.54. The van der Waals surface area contributed by atoms with E-state index in [1.54, 1.807) is 6.07 Å². The number of aromatic nitrogens is 1. The smallest absolute Gasteiger partial charge is 0.206 e. The van der Waals surface area contributed by atoms with Crippen LogP contribution in [0.1, 0.15) is 44.5 Å². The SMILES string of the molecule is Cc1ccc2c(c1)-c1c(F)cc3c(c1C2)Cc1c-3cc[n+](C)c1-c1cc(C)cc(C)c1C. The quantitative estimate of drug-likeness (QED) is 0.261. The van der Waals surface area contributed by atoms with Gasteiger partial charge in [0.1, 0.15) is 12.9 Å². The molecule has 3 aromatic carbocycles. The Balaban J connectivity index is 1.59. The van der Waals surface area contributed by atoms with Gasteiger partial charge < -0.3 is 0 Å². The van der Waals surface area contributed by atoms with Gasteiger partial charge in [0, 0.05) is 29.2 Å². The number of halogens is 1. The number of hydrogen-bond donors (Lipinski definition) is 0. The number of pyridine rings is 1. The maximum absolute atomic E-state index is 15.5. The van der Waals surface area contributed by atoms with Crippen molar-refractivity contribution in [3.63, 3.8) is 0 Å². The van der Waals surface area contributed by atoms with Gasteiger partial charge in [-0.25, -0.2) is 8.96 Å². The zero-order chi connectivity index (χ0) is 22.3. The minimum absolute atomic E-state index is 0.0895. The molecule has 0 unspecified atom stereocenters. The van der Waals surface area contributed by atoms with Crippen molar-refractivity contribution in [2.45, 2.75) is 40.5 Å². The average molecular weight is 421 g/mol. The lowest BCUT2D eigenvalue weighted by Gasteiger charge is -2.12. The summed E-state index contributed by atoms with van der Waals surface area (Å²) < 4.78 is 17.8. The highest BCUT2D eigenvalue weighted by molar-refractivity contribution is 5.89. The van der Waals surface area contributed by atoms with Crippen molar-refractivity contribution in [1.82, 2.24) is 0 Å². The van der Waals surface area contributed by atoms with Gasteiger partial charge in [-0.1, -0.05) is 35.4 Å². The van der Waals surface area contributed by atoms with Crippen molar-refractivity contribution in [3.05, 3.63) is 99.0 Å². The van der Waals surface area contributed by atoms with Crippen LogP contribution in [-0.4, -0.2) is 0 Å². The molecule has 1 heterocycles. The lowest BCUT2D eigenvalue weighted by molar-refractivity contribution is -0.660. The molecule has 0 fully saturated rings. The van der Waals surface area contributed by atoms with Gasteiger partial charge in [0.2, 0.25) is 5.69 Å². The Morgan fingerprint density at radius 3 is 2.31 bits per heavy atom. The maximum Gasteiger partial charge on any atom is 0.216 e. The van der Waals surface area contributed by atoms with Gasteiger partial charge in [-0.3, -0.25) is 0 Å². The molecule has 0 atom stereocenters. The summed E-state index contributed by atoms with van der Waals surface area (Å²) in [5, 5.41) is 0. The second kappa shape index (κ2) is 6.62. The lowest BCUT2D eigenvalue weighted by atomic mass is 9.93. The Morgan fingerprint density at radius 2 is 1.50 bits per heavy atom. The second-order valence-electron chi connectivity index (χ2n) is 9.67. The zero-order valence-electron chi connectivity index (χ0n) is 19.4. The third kappa shape index (κ3) is 2.59. The summed E-state index contributed by atoms with van der Waals surface area (Å²) in [6, 6.07) is 14.9. The average Bonchev–Trinajstić information content (AvgIpc) is 3.29. The molecule has 2 aliphatic carbocycles. The topological polar surface area (TPSA) is 3.88 Å². The highest BCUT2D eigenvalue weighted by Gasteiger charge is 2.34. The molecule has 158 valence electrons. The predicted molar refractivity (Wildman–Crippen MR) is 128 cm³/mol. The lowest BCUT2D eigenvalue weighted by Crippen LogP contribution is -2.32. The first-order valence-corrected chi connectivity index (χ1v) is 11.4. The van der Waals surface area contributed by atoms with Gasteiger partial charge in [0.05, 0.1) is 0 Å². The molecule has 1 aromatic heterocycles. The highest BCUT2D eigenvalue weighted by Crippen LogP contribution is 2.49. The van der Waals surface area contributed by atoms with E-state index in [-0.39, 0.29) is 5.82 Å². The molecule has 0 aliphatic heterocycles. The van der Waals surface area contributed by atoms with Crippen molar-refractivity contribution in [2.24, 2.45) is 7.05 Å². The van der Waals surface area contributed by atoms with Crippen LogP contribution in [0.25, 0.3) is 33.5 Å². The van der Waals surface area contributed by atoms with Gasteiger partial charge in [-0.2, -0.15) is 0 Å². The molecule has 2 heteroatoms. The Labute approximate surface area is 189 Å². The monoisotopic (exact) mass is 420 g/mol. The zero-order valence-corrected chi connectivity index (χ0v) is 19.4. The molecule has 6 rings (SSSR count). The number of benzene rings is 3. The van der Waals surface area contributed by atoms with Crippen LogP contribution in [-0.2, 0) is 19.9 Å². The molecule has 0 bridgehead atoms. The van der Waals surface area contributed by atoms with E-state index < -0.39 is 0 Å². The van der Waals surface area contributed by atoms with Crippen LogP contribution in [0.3, 0.4) is 0 Å². The first kappa shape index (κ1) is 19.4. The van der Waals surface area contributed by atoms with Crippen LogP contribution in [0.15, 0.2) is 48.7 Å². The number of hydrogen-bond acceptors (Lipinski definition) is 0. The first-order valence-electron chi connectivity index (χ1n) is 11.4. The second-order valence-corrected chi connectivity index (χ2v) is 9.67. The fourth-order valence-corrected chi connectivity index (χ4v) is 5.89. The molecule has 0 N–H and O–H groups in total. The molecule has 2 aliphatic rings. The fraction of sp³-hybridized carbons (Fsp3) is 0.233. The minimum atomic E-state index is -0.0895. The molecule has 0 amide bonds. The molecule has 1 nitrogen and oxygen atoms in total. The van der Waals surface area contributed by atoms with Gasteiger partial charge >= 0.3 is 0 Å². The minimum Gasteiger partial charge on any atom is -0.206 e. The van der Waals surface area contributed by atoms with E-state index in [4.69, 9.17) is 0 Å². The highest BCUT2D eigenvalue weighted by atomic mass is 19.1. The van der Waals surface area contributed by atoms with Crippen molar-refractivity contribution >= 4 is 0 Å². The van der Waals surface area contributed by atoms with Crippen LogP contribution in [0, 0.1) is 33.5 Å². The molecule has 0 saturated heterocycles. The normalized spacial score (nSPS) is 13.1. The van der Waals surface area contributed by atoms with E-state index in [2.05, 4.69) is 81.9 Å². The third-order valence-electron chi connectivity index (χ3n) is 7.54. The summed E-state index contributed by atoms with van der Waals surface area (Å²) in [6.07, 6.45) is 3.81. The van der Waals surface area contributed by atoms with Crippen molar-refractivity contribution < 1.29 is 8.96 Å². The molecule has 0 radical (unpaired) electrons. The summed E-state index contributed by atoms with van der Waals surface area (Å²) in [6.45, 7) is 8.64. The van der Waals surface area contributed by atoms with Crippen LogP contribution in [0.5, 0.6) is 0 Å². The largest absolute Gasteiger partial charge is 0.216 e. The molecular formula is C30H27FN+. The Bertz CT molecular complexity index is 1480. The Hall–Kier alpha value is -3.26. The van der Waals surface area contributed by atoms with E-state index in [0.29, 0.717) is 0 Å². The van der Waals surface area contributed by atoms with Gasteiger partial charge in [-0.15, -0.1) is 0 Å². The molecule has 0 spiro atoms. The van der Waals surface area contributed by atoms with Crippen LogP contribution < -0.4 is 4.57 Å². The van der Waals surface area contributed by atoms with Crippen molar-refractivity contribution in [2.75, 3.05) is 0 Å². The summed E-state index contributed by atoms with van der Waals surface area (Å²) in [4.78, 5) is 0. The van der Waals surface area contributed by atoms with Crippen LogP contribution in [0.2, 0.25) is 0 Å². The van der Waals surface area contributed by atoms with Crippen molar-refractivity contribution in [1.29, 1.82) is 0 Å². The standard InChI is InChI=1S/C30H27FN/c1-16-6-7-20-13-26-24-14-27-21(25(24)15-28(31)29(26)23(20)11-16)8-9-32(5)30(27)22-12-17(2)10-18(3)19(22)4/h6-12,15H,13-14H2,1-5H3/q+1. The molecular weight excluding hydrogens is 393 g/mol. The number of nitrogens with zero attached hydrogens (tertiary/aromatic N) is 1. The van der Waals surface area contributed by atoms with Gasteiger partial charge in [0.15, 0.2) is 6.20 Å². The Morgan fingerprint density at radius 1 is 0.719 bits per heavy atom.